The molecule has 0 fully saturated rings. The van der Waals surface area contributed by atoms with Crippen LogP contribution in [0.3, 0.4) is 0 Å². The first-order valence-electron chi connectivity index (χ1n) is 3.71. The average Bonchev–Trinajstić information content (AvgIpc) is 1.98. The van der Waals surface area contributed by atoms with E-state index in [1.807, 2.05) is 11.8 Å². The summed E-state index contributed by atoms with van der Waals surface area (Å²) in [5, 5.41) is 0. The van der Waals surface area contributed by atoms with Crippen molar-refractivity contribution in [2.45, 2.75) is 20.3 Å². The summed E-state index contributed by atoms with van der Waals surface area (Å²) in [5.74, 6) is 2.36. The van der Waals surface area contributed by atoms with Crippen LogP contribution >= 0.6 is 11.8 Å². The first-order chi connectivity index (χ1) is 4.81. The standard InChI is InChI=1S/C8H17NS/c1-3-8(2)7-10-6-4-5-9/h3H,4-7,9H2,1-2H3/b8-3+. The molecule has 0 atom stereocenters. The summed E-state index contributed by atoms with van der Waals surface area (Å²) in [4.78, 5) is 0. The van der Waals surface area contributed by atoms with Crippen LogP contribution in [0.2, 0.25) is 0 Å². The number of rotatable bonds is 5. The Bertz CT molecular complexity index is 99.4. The molecular weight excluding hydrogens is 142 g/mol. The lowest BCUT2D eigenvalue weighted by Gasteiger charge is -1.98. The molecule has 0 saturated carbocycles. The Morgan fingerprint density at radius 3 is 2.80 bits per heavy atom. The van der Waals surface area contributed by atoms with E-state index in [-0.39, 0.29) is 0 Å². The molecule has 0 aliphatic carbocycles. The van der Waals surface area contributed by atoms with Gasteiger partial charge in [-0.3, -0.25) is 0 Å². The highest BCUT2D eigenvalue weighted by Crippen LogP contribution is 2.07. The Morgan fingerprint density at radius 1 is 1.60 bits per heavy atom. The third-order valence-corrected chi connectivity index (χ3v) is 2.55. The van der Waals surface area contributed by atoms with E-state index in [1.165, 1.54) is 11.3 Å². The fraction of sp³-hybridized carbons (Fsp3) is 0.750. The second-order valence-corrected chi connectivity index (χ2v) is 3.44. The molecule has 60 valence electrons. The molecule has 0 aromatic carbocycles. The summed E-state index contributed by atoms with van der Waals surface area (Å²) in [6, 6.07) is 0. The topological polar surface area (TPSA) is 26.0 Å². The van der Waals surface area contributed by atoms with Gasteiger partial charge in [-0.1, -0.05) is 11.6 Å². The Morgan fingerprint density at radius 2 is 2.30 bits per heavy atom. The van der Waals surface area contributed by atoms with Crippen molar-refractivity contribution in [1.82, 2.24) is 0 Å². The maximum Gasteiger partial charge on any atom is 0.0140 e. The number of nitrogens with two attached hydrogens (primary N) is 1. The highest BCUT2D eigenvalue weighted by molar-refractivity contribution is 7.99. The van der Waals surface area contributed by atoms with Gasteiger partial charge < -0.3 is 5.73 Å². The zero-order chi connectivity index (χ0) is 7.82. The van der Waals surface area contributed by atoms with Crippen LogP contribution in [0.15, 0.2) is 11.6 Å². The molecule has 0 bridgehead atoms. The minimum absolute atomic E-state index is 0.821. The smallest absolute Gasteiger partial charge is 0.0140 e. The third kappa shape index (κ3) is 6.17. The fourth-order valence-electron chi connectivity index (χ4n) is 0.502. The van der Waals surface area contributed by atoms with E-state index < -0.39 is 0 Å². The van der Waals surface area contributed by atoms with Crippen molar-refractivity contribution in [3.05, 3.63) is 11.6 Å². The predicted octanol–water partition coefficient (Wildman–Crippen LogP) is 2.03. The van der Waals surface area contributed by atoms with E-state index >= 15 is 0 Å². The van der Waals surface area contributed by atoms with Gasteiger partial charge in [0.25, 0.3) is 0 Å². The average molecular weight is 159 g/mol. The predicted molar refractivity (Wildman–Crippen MR) is 50.4 cm³/mol. The van der Waals surface area contributed by atoms with Gasteiger partial charge >= 0.3 is 0 Å². The Kier molecular flexibility index (Phi) is 7.20. The van der Waals surface area contributed by atoms with Crippen LogP contribution in [-0.2, 0) is 0 Å². The summed E-state index contributed by atoms with van der Waals surface area (Å²) in [6.07, 6.45) is 3.30. The summed E-state index contributed by atoms with van der Waals surface area (Å²) >= 11 is 1.96. The van der Waals surface area contributed by atoms with E-state index in [1.54, 1.807) is 0 Å². The molecule has 2 heteroatoms. The van der Waals surface area contributed by atoms with Crippen molar-refractivity contribution in [2.75, 3.05) is 18.1 Å². The zero-order valence-corrected chi connectivity index (χ0v) is 7.71. The van der Waals surface area contributed by atoms with Gasteiger partial charge in [0.05, 0.1) is 0 Å². The molecule has 0 saturated heterocycles. The van der Waals surface area contributed by atoms with Gasteiger partial charge in [0.15, 0.2) is 0 Å². The van der Waals surface area contributed by atoms with Crippen LogP contribution in [-0.4, -0.2) is 18.1 Å². The highest BCUT2D eigenvalue weighted by Gasteiger charge is 1.88. The van der Waals surface area contributed by atoms with Crippen molar-refractivity contribution >= 4 is 11.8 Å². The van der Waals surface area contributed by atoms with Gasteiger partial charge in [0, 0.05) is 5.75 Å². The molecule has 0 heterocycles. The third-order valence-electron chi connectivity index (χ3n) is 1.32. The van der Waals surface area contributed by atoms with E-state index in [0.717, 1.165) is 18.7 Å². The van der Waals surface area contributed by atoms with E-state index in [0.29, 0.717) is 0 Å². The molecular formula is C8H17NS. The van der Waals surface area contributed by atoms with Crippen molar-refractivity contribution in [3.63, 3.8) is 0 Å². The molecule has 0 radical (unpaired) electrons. The van der Waals surface area contributed by atoms with Crippen molar-refractivity contribution in [3.8, 4) is 0 Å². The van der Waals surface area contributed by atoms with Crippen LogP contribution in [0.5, 0.6) is 0 Å². The Balaban J connectivity index is 3.04. The molecule has 0 aromatic heterocycles. The Hall–Kier alpha value is 0.0500. The van der Waals surface area contributed by atoms with E-state index in [9.17, 15) is 0 Å². The highest BCUT2D eigenvalue weighted by atomic mass is 32.2. The SMILES string of the molecule is C/C=C(\C)CSCCCN. The van der Waals surface area contributed by atoms with Crippen LogP contribution in [0.1, 0.15) is 20.3 Å². The molecule has 0 amide bonds. The number of thioether (sulfide) groups is 1. The van der Waals surface area contributed by atoms with Crippen LogP contribution in [0.4, 0.5) is 0 Å². The van der Waals surface area contributed by atoms with Crippen molar-refractivity contribution < 1.29 is 0 Å². The summed E-state index contributed by atoms with van der Waals surface area (Å²) < 4.78 is 0. The zero-order valence-electron chi connectivity index (χ0n) is 6.89. The molecule has 0 aliphatic heterocycles. The second kappa shape index (κ2) is 7.16. The van der Waals surface area contributed by atoms with Gasteiger partial charge in [-0.2, -0.15) is 11.8 Å². The monoisotopic (exact) mass is 159 g/mol. The molecule has 10 heavy (non-hydrogen) atoms. The number of allylic oxidation sites excluding steroid dienone is 1. The van der Waals surface area contributed by atoms with Gasteiger partial charge in [0.1, 0.15) is 0 Å². The molecule has 0 rings (SSSR count). The maximum atomic E-state index is 5.35. The van der Waals surface area contributed by atoms with E-state index in [4.69, 9.17) is 5.73 Å². The lowest BCUT2D eigenvalue weighted by Crippen LogP contribution is -1.99. The normalized spacial score (nSPS) is 12.1. The molecule has 0 unspecified atom stereocenters. The minimum Gasteiger partial charge on any atom is -0.330 e. The van der Waals surface area contributed by atoms with Crippen molar-refractivity contribution in [2.24, 2.45) is 5.73 Å². The van der Waals surface area contributed by atoms with Gasteiger partial charge in [-0.25, -0.2) is 0 Å². The lowest BCUT2D eigenvalue weighted by atomic mass is 10.3. The second-order valence-electron chi connectivity index (χ2n) is 2.33. The van der Waals surface area contributed by atoms with Crippen molar-refractivity contribution in [1.29, 1.82) is 0 Å². The summed E-state index contributed by atoms with van der Waals surface area (Å²) in [5.41, 5.74) is 6.81. The number of hydrogen-bond acceptors (Lipinski definition) is 2. The lowest BCUT2D eigenvalue weighted by molar-refractivity contribution is 0.943. The molecule has 0 aromatic rings. The van der Waals surface area contributed by atoms with E-state index in [2.05, 4.69) is 19.9 Å². The largest absolute Gasteiger partial charge is 0.330 e. The first-order valence-corrected chi connectivity index (χ1v) is 4.86. The van der Waals surface area contributed by atoms with Gasteiger partial charge in [-0.15, -0.1) is 0 Å². The molecule has 0 spiro atoms. The number of hydrogen-bond donors (Lipinski definition) is 1. The fourth-order valence-corrected chi connectivity index (χ4v) is 1.51. The summed E-state index contributed by atoms with van der Waals surface area (Å²) in [6.45, 7) is 5.07. The molecule has 2 N–H and O–H groups in total. The molecule has 1 nitrogen and oxygen atoms in total. The summed E-state index contributed by atoms with van der Waals surface area (Å²) in [7, 11) is 0. The quantitative estimate of drug-likeness (QED) is 0.490. The van der Waals surface area contributed by atoms with Gasteiger partial charge in [-0.05, 0) is 32.6 Å². The Labute approximate surface area is 68.1 Å². The molecule has 0 aliphatic rings. The first kappa shape index (κ1) is 10.0. The van der Waals surface area contributed by atoms with Crippen LogP contribution in [0, 0.1) is 0 Å². The maximum absolute atomic E-state index is 5.35. The van der Waals surface area contributed by atoms with Crippen LogP contribution < -0.4 is 5.73 Å². The minimum atomic E-state index is 0.821. The van der Waals surface area contributed by atoms with Crippen LogP contribution in [0.25, 0.3) is 0 Å². The van der Waals surface area contributed by atoms with Gasteiger partial charge in [0.2, 0.25) is 0 Å².